The Bertz CT molecular complexity index is 316. The van der Waals surface area contributed by atoms with Gasteiger partial charge in [-0.3, -0.25) is 0 Å². The van der Waals surface area contributed by atoms with Crippen LogP contribution in [0.3, 0.4) is 0 Å². The number of nitrogens with one attached hydrogen (secondary N) is 2. The van der Waals surface area contributed by atoms with Gasteiger partial charge in [0.15, 0.2) is 0 Å². The molecule has 78 valence electrons. The SMILES string of the molecule is CCOC(=O)c1nc2c([nH]1)CNC2.Cl. The second-order valence-corrected chi connectivity index (χ2v) is 2.83. The minimum Gasteiger partial charge on any atom is -0.460 e. The van der Waals surface area contributed by atoms with Crippen molar-refractivity contribution in [3.8, 4) is 0 Å². The summed E-state index contributed by atoms with van der Waals surface area (Å²) in [5.41, 5.74) is 1.91. The highest BCUT2D eigenvalue weighted by atomic mass is 35.5. The van der Waals surface area contributed by atoms with Gasteiger partial charge in [0.05, 0.1) is 18.0 Å². The van der Waals surface area contributed by atoms with Gasteiger partial charge < -0.3 is 15.0 Å². The monoisotopic (exact) mass is 217 g/mol. The number of imidazole rings is 1. The van der Waals surface area contributed by atoms with Gasteiger partial charge >= 0.3 is 5.97 Å². The summed E-state index contributed by atoms with van der Waals surface area (Å²) < 4.78 is 4.81. The zero-order chi connectivity index (χ0) is 9.26. The fraction of sp³-hybridized carbons (Fsp3) is 0.500. The molecule has 2 N–H and O–H groups in total. The molecule has 1 aliphatic heterocycles. The Labute approximate surface area is 87.7 Å². The van der Waals surface area contributed by atoms with Gasteiger partial charge in [-0.1, -0.05) is 0 Å². The molecular weight excluding hydrogens is 206 g/mol. The Morgan fingerprint density at radius 3 is 3.00 bits per heavy atom. The first-order valence-electron chi connectivity index (χ1n) is 4.27. The number of fused-ring (bicyclic) bond motifs is 1. The lowest BCUT2D eigenvalue weighted by atomic mass is 10.4. The maximum absolute atomic E-state index is 11.2. The third kappa shape index (κ3) is 1.88. The number of hydrogen-bond donors (Lipinski definition) is 2. The van der Waals surface area contributed by atoms with Crippen LogP contribution < -0.4 is 5.32 Å². The van der Waals surface area contributed by atoms with Crippen molar-refractivity contribution < 1.29 is 9.53 Å². The van der Waals surface area contributed by atoms with E-state index in [1.165, 1.54) is 0 Å². The van der Waals surface area contributed by atoms with Crippen molar-refractivity contribution in [2.45, 2.75) is 20.0 Å². The van der Waals surface area contributed by atoms with Crippen molar-refractivity contribution in [3.05, 3.63) is 17.2 Å². The van der Waals surface area contributed by atoms with Crippen molar-refractivity contribution in [1.82, 2.24) is 15.3 Å². The van der Waals surface area contributed by atoms with Crippen molar-refractivity contribution in [1.29, 1.82) is 0 Å². The summed E-state index contributed by atoms with van der Waals surface area (Å²) in [6.45, 7) is 3.63. The highest BCUT2D eigenvalue weighted by Gasteiger charge is 2.19. The molecule has 1 aliphatic rings. The number of halogens is 1. The van der Waals surface area contributed by atoms with E-state index in [4.69, 9.17) is 4.74 Å². The van der Waals surface area contributed by atoms with Gasteiger partial charge in [0.1, 0.15) is 0 Å². The minimum atomic E-state index is -0.378. The van der Waals surface area contributed by atoms with E-state index in [1.54, 1.807) is 6.92 Å². The van der Waals surface area contributed by atoms with E-state index in [1.807, 2.05) is 0 Å². The maximum Gasteiger partial charge on any atom is 0.374 e. The first-order chi connectivity index (χ1) is 6.31. The zero-order valence-electron chi connectivity index (χ0n) is 7.79. The van der Waals surface area contributed by atoms with E-state index in [-0.39, 0.29) is 18.4 Å². The van der Waals surface area contributed by atoms with Gasteiger partial charge in [0.25, 0.3) is 0 Å². The molecule has 0 saturated heterocycles. The van der Waals surface area contributed by atoms with Crippen LogP contribution in [0.1, 0.15) is 28.9 Å². The molecule has 1 aromatic rings. The van der Waals surface area contributed by atoms with Crippen LogP contribution in [0, 0.1) is 0 Å². The number of H-pyrrole nitrogens is 1. The van der Waals surface area contributed by atoms with E-state index < -0.39 is 0 Å². The number of rotatable bonds is 2. The summed E-state index contributed by atoms with van der Waals surface area (Å²) in [6, 6.07) is 0. The van der Waals surface area contributed by atoms with Crippen LogP contribution in [0.5, 0.6) is 0 Å². The Morgan fingerprint density at radius 1 is 1.57 bits per heavy atom. The van der Waals surface area contributed by atoms with Gasteiger partial charge in [-0.25, -0.2) is 9.78 Å². The van der Waals surface area contributed by atoms with E-state index in [9.17, 15) is 4.79 Å². The summed E-state index contributed by atoms with van der Waals surface area (Å²) in [6.07, 6.45) is 0. The summed E-state index contributed by atoms with van der Waals surface area (Å²) in [4.78, 5) is 18.3. The molecule has 0 radical (unpaired) electrons. The molecule has 0 saturated carbocycles. The topological polar surface area (TPSA) is 67.0 Å². The smallest absolute Gasteiger partial charge is 0.374 e. The number of hydrogen-bond acceptors (Lipinski definition) is 4. The fourth-order valence-electron chi connectivity index (χ4n) is 1.34. The van der Waals surface area contributed by atoms with Crippen molar-refractivity contribution in [2.24, 2.45) is 0 Å². The number of aromatic nitrogens is 2. The van der Waals surface area contributed by atoms with E-state index in [0.717, 1.165) is 24.5 Å². The minimum absolute atomic E-state index is 0. The molecule has 2 rings (SSSR count). The highest BCUT2D eigenvalue weighted by molar-refractivity contribution is 5.85. The van der Waals surface area contributed by atoms with Gasteiger partial charge in [0, 0.05) is 13.1 Å². The van der Waals surface area contributed by atoms with Crippen LogP contribution in [0.4, 0.5) is 0 Å². The zero-order valence-corrected chi connectivity index (χ0v) is 8.61. The number of ether oxygens (including phenoxy) is 1. The number of esters is 1. The van der Waals surface area contributed by atoms with Crippen LogP contribution in [-0.4, -0.2) is 22.5 Å². The van der Waals surface area contributed by atoms with E-state index >= 15 is 0 Å². The average Bonchev–Trinajstić information content (AvgIpc) is 2.61. The molecule has 0 atom stereocenters. The molecule has 0 amide bonds. The lowest BCUT2D eigenvalue weighted by Crippen LogP contribution is -2.09. The summed E-state index contributed by atoms with van der Waals surface area (Å²) in [5, 5.41) is 3.12. The molecule has 0 unspecified atom stereocenters. The molecule has 1 aromatic heterocycles. The van der Waals surface area contributed by atoms with Gasteiger partial charge in [-0.05, 0) is 6.92 Å². The summed E-state index contributed by atoms with van der Waals surface area (Å²) in [5.74, 6) is -0.0646. The average molecular weight is 218 g/mol. The van der Waals surface area contributed by atoms with Crippen LogP contribution >= 0.6 is 12.4 Å². The van der Waals surface area contributed by atoms with Crippen molar-refractivity contribution >= 4 is 18.4 Å². The van der Waals surface area contributed by atoms with Gasteiger partial charge in [-0.15, -0.1) is 12.4 Å². The number of aromatic amines is 1. The third-order valence-electron chi connectivity index (χ3n) is 1.93. The number of nitrogens with zero attached hydrogens (tertiary/aromatic N) is 1. The molecule has 0 bridgehead atoms. The van der Waals surface area contributed by atoms with Crippen LogP contribution in [0.15, 0.2) is 0 Å². The van der Waals surface area contributed by atoms with Crippen molar-refractivity contribution in [2.75, 3.05) is 6.61 Å². The molecule has 6 heteroatoms. The highest BCUT2D eigenvalue weighted by Crippen LogP contribution is 2.12. The third-order valence-corrected chi connectivity index (χ3v) is 1.93. The molecule has 0 fully saturated rings. The second kappa shape index (κ2) is 4.43. The molecular formula is C8H12ClN3O2. The van der Waals surface area contributed by atoms with Gasteiger partial charge in [0.2, 0.25) is 5.82 Å². The summed E-state index contributed by atoms with van der Waals surface area (Å²) in [7, 11) is 0. The Kier molecular flexibility index (Phi) is 3.49. The first-order valence-corrected chi connectivity index (χ1v) is 4.27. The number of carbonyl (C=O) groups is 1. The standard InChI is InChI=1S/C8H11N3O2.ClH/c1-2-13-8(12)7-10-5-3-9-4-6(5)11-7;/h9H,2-4H2,1H3,(H,10,11);1H. The second-order valence-electron chi connectivity index (χ2n) is 2.83. The first kappa shape index (κ1) is 11.0. The summed E-state index contributed by atoms with van der Waals surface area (Å²) >= 11 is 0. The fourth-order valence-corrected chi connectivity index (χ4v) is 1.34. The quantitative estimate of drug-likeness (QED) is 0.713. The van der Waals surface area contributed by atoms with Crippen LogP contribution in [0.2, 0.25) is 0 Å². The molecule has 14 heavy (non-hydrogen) atoms. The predicted octanol–water partition coefficient (Wildman–Crippen LogP) is 0.611. The number of carbonyl (C=O) groups excluding carboxylic acids is 1. The van der Waals surface area contributed by atoms with E-state index in [2.05, 4.69) is 15.3 Å². The Morgan fingerprint density at radius 2 is 2.36 bits per heavy atom. The van der Waals surface area contributed by atoms with Crippen LogP contribution in [-0.2, 0) is 17.8 Å². The largest absolute Gasteiger partial charge is 0.460 e. The predicted molar refractivity (Wildman–Crippen MR) is 52.3 cm³/mol. The Hall–Kier alpha value is -1.07. The normalized spacial score (nSPS) is 13.2. The van der Waals surface area contributed by atoms with Gasteiger partial charge in [-0.2, -0.15) is 0 Å². The maximum atomic E-state index is 11.2. The molecule has 0 aliphatic carbocycles. The van der Waals surface area contributed by atoms with Crippen molar-refractivity contribution in [3.63, 3.8) is 0 Å². The Balaban J connectivity index is 0.000000980. The lowest BCUT2D eigenvalue weighted by molar-refractivity contribution is 0.0513. The lowest BCUT2D eigenvalue weighted by Gasteiger charge is -1.97. The molecule has 0 aromatic carbocycles. The molecule has 2 heterocycles. The van der Waals surface area contributed by atoms with Crippen LogP contribution in [0.25, 0.3) is 0 Å². The molecule has 0 spiro atoms. The van der Waals surface area contributed by atoms with E-state index in [0.29, 0.717) is 12.4 Å². The molecule has 5 nitrogen and oxygen atoms in total.